The van der Waals surface area contributed by atoms with Crippen molar-refractivity contribution in [2.75, 3.05) is 6.54 Å². The zero-order valence-corrected chi connectivity index (χ0v) is 12.8. The van der Waals surface area contributed by atoms with Gasteiger partial charge in [0.15, 0.2) is 0 Å². The lowest BCUT2D eigenvalue weighted by Crippen LogP contribution is -2.27. The van der Waals surface area contributed by atoms with Crippen molar-refractivity contribution in [2.24, 2.45) is 0 Å². The third-order valence-corrected chi connectivity index (χ3v) is 3.60. The van der Waals surface area contributed by atoms with Gasteiger partial charge in [-0.2, -0.15) is 0 Å². The predicted octanol–water partition coefficient (Wildman–Crippen LogP) is 2.29. The molecule has 0 aliphatic rings. The first-order chi connectivity index (χ1) is 11.1. The van der Waals surface area contributed by atoms with E-state index >= 15 is 0 Å². The monoisotopic (exact) mass is 316 g/mol. The summed E-state index contributed by atoms with van der Waals surface area (Å²) in [5.74, 6) is -1.09. The number of unbranched alkanes of at least 4 members (excludes halogenated alkanes) is 3. The van der Waals surface area contributed by atoms with E-state index in [2.05, 4.69) is 10.3 Å². The maximum Gasteiger partial charge on any atom is 0.303 e. The molecule has 0 atom stereocenters. The second kappa shape index (κ2) is 8.12. The molecule has 1 aromatic heterocycles. The molecule has 3 N–H and O–H groups in total. The fraction of sp³-hybridized carbons (Fsp3) is 0.353. The largest absolute Gasteiger partial charge is 0.481 e. The SMILES string of the molecule is O=C(O)CCCCCCNC(=O)c1cc2ccccc2c(=O)[nH]1. The maximum atomic E-state index is 12.1. The molecule has 0 fully saturated rings. The number of hydrogen-bond donors (Lipinski definition) is 3. The maximum absolute atomic E-state index is 12.1. The number of benzene rings is 1. The Hall–Kier alpha value is -2.63. The third-order valence-electron chi connectivity index (χ3n) is 3.60. The van der Waals surface area contributed by atoms with Crippen molar-refractivity contribution in [2.45, 2.75) is 32.1 Å². The molecule has 23 heavy (non-hydrogen) atoms. The molecule has 2 rings (SSSR count). The van der Waals surface area contributed by atoms with Crippen LogP contribution in [0.3, 0.4) is 0 Å². The van der Waals surface area contributed by atoms with E-state index in [-0.39, 0.29) is 23.6 Å². The number of nitrogens with one attached hydrogen (secondary N) is 2. The van der Waals surface area contributed by atoms with E-state index in [0.29, 0.717) is 18.4 Å². The first kappa shape index (κ1) is 16.7. The number of carbonyl (C=O) groups is 2. The van der Waals surface area contributed by atoms with Gasteiger partial charge in [0.05, 0.1) is 0 Å². The molecule has 1 amide bonds. The normalized spacial score (nSPS) is 10.6. The van der Waals surface area contributed by atoms with Crippen molar-refractivity contribution in [3.63, 3.8) is 0 Å². The average molecular weight is 316 g/mol. The highest BCUT2D eigenvalue weighted by Gasteiger charge is 2.08. The summed E-state index contributed by atoms with van der Waals surface area (Å²) < 4.78 is 0. The van der Waals surface area contributed by atoms with Gasteiger partial charge in [-0.05, 0) is 30.4 Å². The van der Waals surface area contributed by atoms with Gasteiger partial charge in [0.2, 0.25) is 0 Å². The van der Waals surface area contributed by atoms with Crippen molar-refractivity contribution in [1.29, 1.82) is 0 Å². The molecule has 2 aromatic rings. The summed E-state index contributed by atoms with van der Waals surface area (Å²) >= 11 is 0. The van der Waals surface area contributed by atoms with Crippen LogP contribution in [0.4, 0.5) is 0 Å². The lowest BCUT2D eigenvalue weighted by molar-refractivity contribution is -0.137. The Morgan fingerprint density at radius 3 is 2.61 bits per heavy atom. The molecule has 6 nitrogen and oxygen atoms in total. The summed E-state index contributed by atoms with van der Waals surface area (Å²) in [7, 11) is 0. The van der Waals surface area contributed by atoms with Crippen LogP contribution in [0.2, 0.25) is 0 Å². The first-order valence-corrected chi connectivity index (χ1v) is 7.70. The number of aliphatic carboxylic acids is 1. The van der Waals surface area contributed by atoms with Gasteiger partial charge in [0.25, 0.3) is 11.5 Å². The topological polar surface area (TPSA) is 99.3 Å². The minimum absolute atomic E-state index is 0.185. The first-order valence-electron chi connectivity index (χ1n) is 7.70. The summed E-state index contributed by atoms with van der Waals surface area (Å²) in [6, 6.07) is 8.78. The lowest BCUT2D eigenvalue weighted by Gasteiger charge is -2.06. The summed E-state index contributed by atoms with van der Waals surface area (Å²) in [6.07, 6.45) is 3.31. The van der Waals surface area contributed by atoms with Crippen molar-refractivity contribution in [3.8, 4) is 0 Å². The van der Waals surface area contributed by atoms with Gasteiger partial charge in [-0.3, -0.25) is 14.4 Å². The highest BCUT2D eigenvalue weighted by molar-refractivity contribution is 5.96. The molecule has 1 heterocycles. The second-order valence-electron chi connectivity index (χ2n) is 5.41. The number of H-pyrrole nitrogens is 1. The third kappa shape index (κ3) is 4.95. The number of carboxylic acid groups (broad SMARTS) is 1. The van der Waals surface area contributed by atoms with E-state index in [9.17, 15) is 14.4 Å². The van der Waals surface area contributed by atoms with Crippen LogP contribution in [-0.4, -0.2) is 28.5 Å². The summed E-state index contributed by atoms with van der Waals surface area (Å²) in [5, 5.41) is 12.6. The van der Waals surface area contributed by atoms with Crippen LogP contribution in [0, 0.1) is 0 Å². The number of pyridine rings is 1. The van der Waals surface area contributed by atoms with Crippen molar-refractivity contribution < 1.29 is 14.7 Å². The highest BCUT2D eigenvalue weighted by Crippen LogP contribution is 2.09. The van der Waals surface area contributed by atoms with Crippen molar-refractivity contribution in [1.82, 2.24) is 10.3 Å². The average Bonchev–Trinajstić information content (AvgIpc) is 2.53. The Morgan fingerprint density at radius 1 is 1.09 bits per heavy atom. The Bertz CT molecular complexity index is 752. The van der Waals surface area contributed by atoms with Gasteiger partial charge in [-0.1, -0.05) is 31.0 Å². The number of aromatic amines is 1. The van der Waals surface area contributed by atoms with E-state index in [4.69, 9.17) is 5.11 Å². The minimum atomic E-state index is -0.779. The van der Waals surface area contributed by atoms with E-state index in [1.807, 2.05) is 6.07 Å². The van der Waals surface area contributed by atoms with E-state index in [1.54, 1.807) is 24.3 Å². The molecule has 0 aliphatic heterocycles. The summed E-state index contributed by atoms with van der Waals surface area (Å²) in [6.45, 7) is 0.501. The van der Waals surface area contributed by atoms with Gasteiger partial charge in [-0.25, -0.2) is 0 Å². The molecule has 0 unspecified atom stereocenters. The fourth-order valence-electron chi connectivity index (χ4n) is 2.39. The Kier molecular flexibility index (Phi) is 5.91. The van der Waals surface area contributed by atoms with Gasteiger partial charge in [0, 0.05) is 18.4 Å². The van der Waals surface area contributed by atoms with Crippen molar-refractivity contribution >= 4 is 22.6 Å². The van der Waals surface area contributed by atoms with Gasteiger partial charge < -0.3 is 15.4 Å². The van der Waals surface area contributed by atoms with Gasteiger partial charge in [-0.15, -0.1) is 0 Å². The molecule has 1 aromatic carbocycles. The molecule has 0 saturated carbocycles. The fourth-order valence-corrected chi connectivity index (χ4v) is 2.39. The van der Waals surface area contributed by atoms with Crippen LogP contribution in [-0.2, 0) is 4.79 Å². The van der Waals surface area contributed by atoms with E-state index < -0.39 is 5.97 Å². The number of aromatic nitrogens is 1. The number of rotatable bonds is 8. The van der Waals surface area contributed by atoms with Crippen molar-refractivity contribution in [3.05, 3.63) is 46.4 Å². The molecule has 122 valence electrons. The molecule has 0 saturated heterocycles. The molecular formula is C17H20N2O4. The summed E-state index contributed by atoms with van der Waals surface area (Å²) in [4.78, 5) is 36.9. The van der Waals surface area contributed by atoms with Crippen LogP contribution in [0.5, 0.6) is 0 Å². The number of carbonyl (C=O) groups excluding carboxylic acids is 1. The quantitative estimate of drug-likeness (QED) is 0.651. The van der Waals surface area contributed by atoms with Crippen LogP contribution in [0.25, 0.3) is 10.8 Å². The Balaban J connectivity index is 1.82. The Morgan fingerprint density at radius 2 is 1.83 bits per heavy atom. The molecule has 0 spiro atoms. The zero-order chi connectivity index (χ0) is 16.7. The second-order valence-corrected chi connectivity index (χ2v) is 5.41. The highest BCUT2D eigenvalue weighted by atomic mass is 16.4. The standard InChI is InChI=1S/C17H20N2O4/c20-15(21)9-3-1-2-6-10-18-17(23)14-11-12-7-4-5-8-13(12)16(22)19-14/h4-5,7-8,11H,1-3,6,9-10H2,(H,18,23)(H,19,22)(H,20,21). The minimum Gasteiger partial charge on any atom is -0.481 e. The van der Waals surface area contributed by atoms with Gasteiger partial charge in [0.1, 0.15) is 5.69 Å². The smallest absolute Gasteiger partial charge is 0.303 e. The molecule has 0 bridgehead atoms. The number of amides is 1. The number of hydrogen-bond acceptors (Lipinski definition) is 3. The number of fused-ring (bicyclic) bond motifs is 1. The van der Waals surface area contributed by atoms with Crippen LogP contribution >= 0.6 is 0 Å². The van der Waals surface area contributed by atoms with Crippen LogP contribution in [0.1, 0.15) is 42.6 Å². The summed E-state index contributed by atoms with van der Waals surface area (Å²) in [5.41, 5.74) is -0.0264. The van der Waals surface area contributed by atoms with E-state index in [0.717, 1.165) is 24.6 Å². The number of carboxylic acids is 1. The Labute approximate surface area is 133 Å². The molecule has 6 heteroatoms. The molecule has 0 radical (unpaired) electrons. The zero-order valence-electron chi connectivity index (χ0n) is 12.8. The molecular weight excluding hydrogens is 296 g/mol. The molecule has 0 aliphatic carbocycles. The predicted molar refractivity (Wildman–Crippen MR) is 87.6 cm³/mol. The van der Waals surface area contributed by atoms with E-state index in [1.165, 1.54) is 0 Å². The lowest BCUT2D eigenvalue weighted by atomic mass is 10.1. The van der Waals surface area contributed by atoms with Crippen LogP contribution < -0.4 is 10.9 Å². The van der Waals surface area contributed by atoms with Gasteiger partial charge >= 0.3 is 5.97 Å². The van der Waals surface area contributed by atoms with Crippen LogP contribution in [0.15, 0.2) is 35.1 Å².